The Labute approximate surface area is 130 Å². The highest BCUT2D eigenvalue weighted by atomic mass is 16.5. The lowest BCUT2D eigenvalue weighted by molar-refractivity contribution is 0.0210. The number of hydrogen-bond donors (Lipinski definition) is 0. The van der Waals surface area contributed by atoms with Crippen LogP contribution >= 0.6 is 0 Å². The molecule has 0 bridgehead atoms. The first-order chi connectivity index (χ1) is 10.6. The van der Waals surface area contributed by atoms with Gasteiger partial charge in [0.15, 0.2) is 5.82 Å². The van der Waals surface area contributed by atoms with Crippen LogP contribution in [-0.2, 0) is 4.74 Å². The van der Waals surface area contributed by atoms with Gasteiger partial charge in [-0.05, 0) is 57.7 Å². The van der Waals surface area contributed by atoms with E-state index in [0.29, 0.717) is 11.4 Å². The Morgan fingerprint density at radius 3 is 2.59 bits per heavy atom. The average molecular weight is 299 g/mol. The molecular formula is C17H21N3O2. The standard InChI is InChI=1S/C17H21N3O2/c1-12-10-13(2)20(19-12)16-9-8-14(11-18-16)17(21)22-15-6-4-3-5-7-15/h8-11,15H,3-7H2,1-2H3. The van der Waals surface area contributed by atoms with Crippen molar-refractivity contribution in [2.45, 2.75) is 52.1 Å². The van der Waals surface area contributed by atoms with E-state index >= 15 is 0 Å². The molecule has 0 amide bonds. The van der Waals surface area contributed by atoms with E-state index in [1.807, 2.05) is 19.9 Å². The lowest BCUT2D eigenvalue weighted by Gasteiger charge is -2.21. The van der Waals surface area contributed by atoms with Crippen molar-refractivity contribution in [3.8, 4) is 5.82 Å². The van der Waals surface area contributed by atoms with E-state index in [9.17, 15) is 4.79 Å². The molecule has 0 saturated heterocycles. The molecule has 2 heterocycles. The highest BCUT2D eigenvalue weighted by Gasteiger charge is 2.19. The number of carbonyl (C=O) groups excluding carboxylic acids is 1. The fourth-order valence-electron chi connectivity index (χ4n) is 2.90. The lowest BCUT2D eigenvalue weighted by atomic mass is 9.98. The van der Waals surface area contributed by atoms with Gasteiger partial charge in [-0.25, -0.2) is 14.5 Å². The molecule has 22 heavy (non-hydrogen) atoms. The molecule has 0 aliphatic heterocycles. The summed E-state index contributed by atoms with van der Waals surface area (Å²) in [5.41, 5.74) is 2.46. The molecule has 1 fully saturated rings. The monoisotopic (exact) mass is 299 g/mol. The van der Waals surface area contributed by atoms with Crippen molar-refractivity contribution in [2.24, 2.45) is 0 Å². The van der Waals surface area contributed by atoms with Gasteiger partial charge in [0, 0.05) is 11.9 Å². The Balaban J connectivity index is 1.70. The molecule has 5 heteroatoms. The molecule has 5 nitrogen and oxygen atoms in total. The van der Waals surface area contributed by atoms with Crippen LogP contribution in [0.15, 0.2) is 24.4 Å². The van der Waals surface area contributed by atoms with Crippen LogP contribution in [0.5, 0.6) is 0 Å². The SMILES string of the molecule is Cc1cc(C)n(-c2ccc(C(=O)OC3CCCCC3)cn2)n1. The summed E-state index contributed by atoms with van der Waals surface area (Å²) in [6.45, 7) is 3.92. The van der Waals surface area contributed by atoms with E-state index in [1.165, 1.54) is 6.42 Å². The van der Waals surface area contributed by atoms with Gasteiger partial charge in [0.1, 0.15) is 6.10 Å². The Kier molecular flexibility index (Phi) is 4.22. The van der Waals surface area contributed by atoms with Gasteiger partial charge >= 0.3 is 5.97 Å². The fraction of sp³-hybridized carbons (Fsp3) is 0.471. The van der Waals surface area contributed by atoms with Gasteiger partial charge < -0.3 is 4.74 Å². The summed E-state index contributed by atoms with van der Waals surface area (Å²) in [5.74, 6) is 0.430. The Hall–Kier alpha value is -2.17. The van der Waals surface area contributed by atoms with E-state index in [2.05, 4.69) is 10.1 Å². The van der Waals surface area contributed by atoms with E-state index in [0.717, 1.165) is 37.1 Å². The van der Waals surface area contributed by atoms with Gasteiger partial charge in [-0.15, -0.1) is 0 Å². The molecule has 0 radical (unpaired) electrons. The first-order valence-electron chi connectivity index (χ1n) is 7.84. The second kappa shape index (κ2) is 6.30. The highest BCUT2D eigenvalue weighted by molar-refractivity contribution is 5.89. The van der Waals surface area contributed by atoms with Crippen molar-refractivity contribution in [3.05, 3.63) is 41.3 Å². The molecule has 0 N–H and O–H groups in total. The first-order valence-corrected chi connectivity index (χ1v) is 7.84. The van der Waals surface area contributed by atoms with Crippen LogP contribution in [0.1, 0.15) is 53.8 Å². The third-order valence-electron chi connectivity index (χ3n) is 4.04. The molecule has 0 atom stereocenters. The zero-order valence-electron chi connectivity index (χ0n) is 13.1. The minimum atomic E-state index is -0.278. The topological polar surface area (TPSA) is 57.0 Å². The zero-order chi connectivity index (χ0) is 15.5. The van der Waals surface area contributed by atoms with Crippen molar-refractivity contribution in [1.29, 1.82) is 0 Å². The predicted molar refractivity (Wildman–Crippen MR) is 83.1 cm³/mol. The average Bonchev–Trinajstić information content (AvgIpc) is 2.87. The second-order valence-electron chi connectivity index (χ2n) is 5.91. The summed E-state index contributed by atoms with van der Waals surface area (Å²) >= 11 is 0. The zero-order valence-corrected chi connectivity index (χ0v) is 13.1. The number of aromatic nitrogens is 3. The van der Waals surface area contributed by atoms with Gasteiger partial charge in [0.2, 0.25) is 0 Å². The number of hydrogen-bond acceptors (Lipinski definition) is 4. The van der Waals surface area contributed by atoms with E-state index < -0.39 is 0 Å². The number of rotatable bonds is 3. The number of esters is 1. The molecule has 1 aliphatic carbocycles. The van der Waals surface area contributed by atoms with Crippen LogP contribution in [0.2, 0.25) is 0 Å². The molecular weight excluding hydrogens is 278 g/mol. The number of nitrogens with zero attached hydrogens (tertiary/aromatic N) is 3. The van der Waals surface area contributed by atoms with Crippen molar-refractivity contribution in [3.63, 3.8) is 0 Å². The summed E-state index contributed by atoms with van der Waals surface area (Å²) in [5, 5.41) is 4.39. The maximum atomic E-state index is 12.1. The molecule has 116 valence electrons. The molecule has 0 spiro atoms. The van der Waals surface area contributed by atoms with E-state index in [-0.39, 0.29) is 12.1 Å². The fourth-order valence-corrected chi connectivity index (χ4v) is 2.90. The number of carbonyl (C=O) groups is 1. The van der Waals surface area contributed by atoms with E-state index in [4.69, 9.17) is 4.74 Å². The number of ether oxygens (including phenoxy) is 1. The van der Waals surface area contributed by atoms with Crippen LogP contribution in [0.4, 0.5) is 0 Å². The van der Waals surface area contributed by atoms with Gasteiger partial charge in [0.25, 0.3) is 0 Å². The van der Waals surface area contributed by atoms with Gasteiger partial charge in [-0.3, -0.25) is 0 Å². The van der Waals surface area contributed by atoms with Crippen molar-refractivity contribution >= 4 is 5.97 Å². The molecule has 0 aromatic carbocycles. The van der Waals surface area contributed by atoms with Crippen molar-refractivity contribution in [2.75, 3.05) is 0 Å². The summed E-state index contributed by atoms with van der Waals surface area (Å²) in [7, 11) is 0. The summed E-state index contributed by atoms with van der Waals surface area (Å²) in [6.07, 6.45) is 7.12. The molecule has 1 saturated carbocycles. The van der Waals surface area contributed by atoms with E-state index in [1.54, 1.807) is 23.0 Å². The van der Waals surface area contributed by atoms with Crippen LogP contribution in [0.3, 0.4) is 0 Å². The first kappa shape index (κ1) is 14.8. The number of aryl methyl sites for hydroxylation is 2. The predicted octanol–water partition coefficient (Wildman–Crippen LogP) is 3.37. The Morgan fingerprint density at radius 1 is 1.23 bits per heavy atom. The third kappa shape index (κ3) is 3.18. The third-order valence-corrected chi connectivity index (χ3v) is 4.04. The maximum absolute atomic E-state index is 12.1. The van der Waals surface area contributed by atoms with Gasteiger partial charge in [-0.1, -0.05) is 6.42 Å². The molecule has 3 rings (SSSR count). The minimum absolute atomic E-state index is 0.0666. The second-order valence-corrected chi connectivity index (χ2v) is 5.91. The highest BCUT2D eigenvalue weighted by Crippen LogP contribution is 2.21. The quantitative estimate of drug-likeness (QED) is 0.815. The van der Waals surface area contributed by atoms with Crippen molar-refractivity contribution < 1.29 is 9.53 Å². The van der Waals surface area contributed by atoms with Crippen LogP contribution < -0.4 is 0 Å². The van der Waals surface area contributed by atoms with Crippen LogP contribution in [0.25, 0.3) is 5.82 Å². The van der Waals surface area contributed by atoms with Crippen LogP contribution in [0, 0.1) is 13.8 Å². The smallest absolute Gasteiger partial charge is 0.339 e. The van der Waals surface area contributed by atoms with Crippen LogP contribution in [-0.4, -0.2) is 26.8 Å². The molecule has 2 aromatic rings. The lowest BCUT2D eigenvalue weighted by Crippen LogP contribution is -2.21. The molecule has 0 unspecified atom stereocenters. The Bertz CT molecular complexity index is 655. The summed E-state index contributed by atoms with van der Waals surface area (Å²) < 4.78 is 7.32. The van der Waals surface area contributed by atoms with Gasteiger partial charge in [0.05, 0.1) is 11.3 Å². The normalized spacial score (nSPS) is 15.7. The minimum Gasteiger partial charge on any atom is -0.459 e. The molecule has 1 aliphatic rings. The van der Waals surface area contributed by atoms with Gasteiger partial charge in [-0.2, -0.15) is 5.10 Å². The molecule has 2 aromatic heterocycles. The Morgan fingerprint density at radius 2 is 2.00 bits per heavy atom. The van der Waals surface area contributed by atoms with Crippen molar-refractivity contribution in [1.82, 2.24) is 14.8 Å². The summed E-state index contributed by atoms with van der Waals surface area (Å²) in [4.78, 5) is 16.5. The largest absolute Gasteiger partial charge is 0.459 e. The summed E-state index contributed by atoms with van der Waals surface area (Å²) in [6, 6.07) is 5.55. The maximum Gasteiger partial charge on any atom is 0.339 e. The number of pyridine rings is 1.